The van der Waals surface area contributed by atoms with Gasteiger partial charge in [-0.05, 0) is 37.0 Å². The summed E-state index contributed by atoms with van der Waals surface area (Å²) < 4.78 is 1.96. The first-order valence-electron chi connectivity index (χ1n) is 10.3. The molecule has 1 unspecified atom stereocenters. The summed E-state index contributed by atoms with van der Waals surface area (Å²) in [6.45, 7) is 4.67. The second-order valence-corrected chi connectivity index (χ2v) is 8.21. The van der Waals surface area contributed by atoms with Crippen molar-refractivity contribution < 1.29 is 14.4 Å². The van der Waals surface area contributed by atoms with Crippen LogP contribution >= 0.6 is 0 Å². The molecule has 0 saturated carbocycles. The number of amides is 3. The van der Waals surface area contributed by atoms with Crippen molar-refractivity contribution in [3.05, 3.63) is 40.6 Å². The number of anilines is 2. The second-order valence-electron chi connectivity index (χ2n) is 8.21. The Morgan fingerprint density at radius 1 is 1.23 bits per heavy atom. The quantitative estimate of drug-likeness (QED) is 0.731. The van der Waals surface area contributed by atoms with Gasteiger partial charge in [-0.1, -0.05) is 12.1 Å². The molecule has 1 aromatic carbocycles. The molecule has 1 atom stereocenters. The molecule has 1 saturated heterocycles. The van der Waals surface area contributed by atoms with Crippen LogP contribution in [0.1, 0.15) is 46.4 Å². The van der Waals surface area contributed by atoms with Crippen molar-refractivity contribution in [2.24, 2.45) is 0 Å². The van der Waals surface area contributed by atoms with Gasteiger partial charge in [-0.3, -0.25) is 19.7 Å². The van der Waals surface area contributed by atoms with Crippen LogP contribution in [0.15, 0.2) is 18.2 Å². The summed E-state index contributed by atoms with van der Waals surface area (Å²) in [5.74, 6) is 0.120. The number of nitrogens with one attached hydrogen (secondary N) is 1. The van der Waals surface area contributed by atoms with Gasteiger partial charge in [0.15, 0.2) is 5.82 Å². The first kappa shape index (κ1) is 18.7. The molecule has 3 aliphatic heterocycles. The number of aryl methyl sites for hydroxylation is 2. The highest BCUT2D eigenvalue weighted by Gasteiger charge is 2.39. The van der Waals surface area contributed by atoms with Crippen LogP contribution in [0.25, 0.3) is 0 Å². The highest BCUT2D eigenvalue weighted by Crippen LogP contribution is 2.32. The Labute approximate surface area is 173 Å². The molecule has 9 heteroatoms. The van der Waals surface area contributed by atoms with Crippen molar-refractivity contribution in [1.29, 1.82) is 0 Å². The number of rotatable bonds is 3. The van der Waals surface area contributed by atoms with Gasteiger partial charge in [-0.2, -0.15) is 5.10 Å². The minimum absolute atomic E-state index is 0.152. The third kappa shape index (κ3) is 2.92. The normalized spacial score (nSPS) is 21.0. The highest BCUT2D eigenvalue weighted by atomic mass is 16.2. The topological polar surface area (TPSA) is 114 Å². The fourth-order valence-corrected chi connectivity index (χ4v) is 4.66. The Bertz CT molecular complexity index is 1070. The molecule has 4 heterocycles. The number of piperidine rings is 1. The zero-order valence-electron chi connectivity index (χ0n) is 16.9. The molecular weight excluding hydrogens is 384 g/mol. The third-order valence-electron chi connectivity index (χ3n) is 6.21. The van der Waals surface area contributed by atoms with Crippen LogP contribution in [0, 0.1) is 6.92 Å². The molecule has 0 aliphatic carbocycles. The predicted octanol–water partition coefficient (Wildman–Crippen LogP) is 0.945. The molecule has 0 radical (unpaired) electrons. The van der Waals surface area contributed by atoms with E-state index in [0.717, 1.165) is 42.1 Å². The fraction of sp³-hybridized carbons (Fsp3) is 0.429. The zero-order valence-corrected chi connectivity index (χ0v) is 16.9. The predicted molar refractivity (Wildman–Crippen MR) is 110 cm³/mol. The van der Waals surface area contributed by atoms with E-state index in [-0.39, 0.29) is 24.1 Å². The molecule has 30 heavy (non-hydrogen) atoms. The first-order valence-corrected chi connectivity index (χ1v) is 10.3. The maximum absolute atomic E-state index is 13.0. The summed E-state index contributed by atoms with van der Waals surface area (Å²) in [5, 5.41) is 6.85. The van der Waals surface area contributed by atoms with E-state index in [4.69, 9.17) is 5.73 Å². The number of benzene rings is 1. The molecule has 2 aromatic rings. The minimum Gasteiger partial charge on any atom is -0.394 e. The second kappa shape index (κ2) is 6.86. The van der Waals surface area contributed by atoms with Crippen molar-refractivity contribution in [3.8, 4) is 0 Å². The Morgan fingerprint density at radius 3 is 2.87 bits per heavy atom. The third-order valence-corrected chi connectivity index (χ3v) is 6.21. The summed E-state index contributed by atoms with van der Waals surface area (Å²) in [7, 11) is 0. The summed E-state index contributed by atoms with van der Waals surface area (Å²) in [4.78, 5) is 40.5. The van der Waals surface area contributed by atoms with Crippen LogP contribution < -0.4 is 16.0 Å². The van der Waals surface area contributed by atoms with Crippen molar-refractivity contribution in [2.45, 2.75) is 51.9 Å². The molecule has 156 valence electrons. The van der Waals surface area contributed by atoms with Gasteiger partial charge in [-0.25, -0.2) is 4.68 Å². The van der Waals surface area contributed by atoms with Crippen LogP contribution in [-0.4, -0.2) is 45.0 Å². The van der Waals surface area contributed by atoms with Crippen LogP contribution in [0.5, 0.6) is 0 Å². The number of aromatic nitrogens is 2. The van der Waals surface area contributed by atoms with Crippen molar-refractivity contribution >= 4 is 29.2 Å². The number of hydrogen-bond donors (Lipinski definition) is 2. The summed E-state index contributed by atoms with van der Waals surface area (Å²) >= 11 is 0. The van der Waals surface area contributed by atoms with Crippen molar-refractivity contribution in [3.63, 3.8) is 0 Å². The van der Waals surface area contributed by atoms with E-state index < -0.39 is 6.04 Å². The molecule has 1 aromatic heterocycles. The van der Waals surface area contributed by atoms with E-state index in [1.807, 2.05) is 29.8 Å². The Morgan fingerprint density at radius 2 is 2.07 bits per heavy atom. The molecule has 3 aliphatic rings. The molecule has 3 N–H and O–H groups in total. The number of fused-ring (bicyclic) bond motifs is 2. The van der Waals surface area contributed by atoms with E-state index in [9.17, 15) is 14.4 Å². The van der Waals surface area contributed by atoms with Crippen molar-refractivity contribution in [1.82, 2.24) is 20.0 Å². The average molecular weight is 408 g/mol. The molecule has 0 spiro atoms. The molecule has 1 fully saturated rings. The Hall–Kier alpha value is -3.36. The number of carbonyl (C=O) groups is 3. The standard InChI is InChI=1S/C21H24N6O3/c1-12-18(22)20-25(7-2-8-27(20)24-12)10-13-3-4-14-11-26(21(30)15(14)9-13)16-5-6-17(28)23-19(16)29/h3-4,9,16H,2,5-8,10-11,22H2,1H3,(H,23,28,29). The van der Waals surface area contributed by atoms with Gasteiger partial charge >= 0.3 is 0 Å². The maximum Gasteiger partial charge on any atom is 0.255 e. The SMILES string of the molecule is Cc1nn2c(c1N)N(Cc1ccc3c(c1)C(=O)N(C1CCC(=O)NC1=O)C3)CCC2. The van der Waals surface area contributed by atoms with E-state index in [1.165, 1.54) is 0 Å². The first-order chi connectivity index (χ1) is 14.4. The Balaban J connectivity index is 1.37. The van der Waals surface area contributed by atoms with E-state index in [0.29, 0.717) is 30.8 Å². The number of hydrogen-bond acceptors (Lipinski definition) is 6. The number of nitrogen functional groups attached to an aromatic ring is 1. The van der Waals surface area contributed by atoms with Crippen LogP contribution in [0.2, 0.25) is 0 Å². The highest BCUT2D eigenvalue weighted by molar-refractivity contribution is 6.05. The lowest BCUT2D eigenvalue weighted by Gasteiger charge is -2.30. The smallest absolute Gasteiger partial charge is 0.255 e. The van der Waals surface area contributed by atoms with Crippen LogP contribution in [0.4, 0.5) is 11.5 Å². The average Bonchev–Trinajstić information content (AvgIpc) is 3.19. The van der Waals surface area contributed by atoms with Gasteiger partial charge in [0, 0.05) is 38.2 Å². The molecule has 3 amide bonds. The number of nitrogens with two attached hydrogens (primary N) is 1. The molecular formula is C21H24N6O3. The van der Waals surface area contributed by atoms with Gasteiger partial charge < -0.3 is 15.5 Å². The Kier molecular flexibility index (Phi) is 4.27. The van der Waals surface area contributed by atoms with Crippen LogP contribution in [0.3, 0.4) is 0 Å². The number of imide groups is 1. The van der Waals surface area contributed by atoms with E-state index in [2.05, 4.69) is 15.3 Å². The van der Waals surface area contributed by atoms with Gasteiger partial charge in [0.2, 0.25) is 11.8 Å². The lowest BCUT2D eigenvalue weighted by molar-refractivity contribution is -0.136. The van der Waals surface area contributed by atoms with E-state index >= 15 is 0 Å². The number of nitrogens with zero attached hydrogens (tertiary/aromatic N) is 4. The summed E-state index contributed by atoms with van der Waals surface area (Å²) in [5.41, 5.74) is 10.3. The molecule has 9 nitrogen and oxygen atoms in total. The molecule has 0 bridgehead atoms. The van der Waals surface area contributed by atoms with E-state index in [1.54, 1.807) is 4.90 Å². The summed E-state index contributed by atoms with van der Waals surface area (Å²) in [6, 6.07) is 5.32. The van der Waals surface area contributed by atoms with Gasteiger partial charge in [0.1, 0.15) is 6.04 Å². The van der Waals surface area contributed by atoms with Gasteiger partial charge in [0.25, 0.3) is 5.91 Å². The lowest BCUT2D eigenvalue weighted by Crippen LogP contribution is -2.52. The van der Waals surface area contributed by atoms with Crippen molar-refractivity contribution in [2.75, 3.05) is 17.2 Å². The minimum atomic E-state index is -0.592. The zero-order chi connectivity index (χ0) is 21.0. The van der Waals surface area contributed by atoms with Gasteiger partial charge in [0.05, 0.1) is 11.4 Å². The summed E-state index contributed by atoms with van der Waals surface area (Å²) in [6.07, 6.45) is 1.61. The van der Waals surface area contributed by atoms with Gasteiger partial charge in [-0.15, -0.1) is 0 Å². The molecule has 5 rings (SSSR count). The largest absolute Gasteiger partial charge is 0.394 e. The number of carbonyl (C=O) groups excluding carboxylic acids is 3. The fourth-order valence-electron chi connectivity index (χ4n) is 4.66. The van der Waals surface area contributed by atoms with Crippen LogP contribution in [-0.2, 0) is 29.2 Å². The lowest BCUT2D eigenvalue weighted by atomic mass is 10.0. The maximum atomic E-state index is 13.0. The monoisotopic (exact) mass is 408 g/mol.